The summed E-state index contributed by atoms with van der Waals surface area (Å²) in [6.07, 6.45) is 0. The van der Waals surface area contributed by atoms with Gasteiger partial charge in [-0.1, -0.05) is 23.7 Å². The lowest BCUT2D eigenvalue weighted by Crippen LogP contribution is -2.16. The molecule has 0 unspecified atom stereocenters. The van der Waals surface area contributed by atoms with Crippen LogP contribution >= 0.6 is 24.2 Å². The molecule has 3 nitrogen and oxygen atoms in total. The van der Waals surface area contributed by atoms with Gasteiger partial charge in [0.05, 0.1) is 17.0 Å². The number of carbonyl (C=O) groups is 2. The van der Waals surface area contributed by atoms with Gasteiger partial charge in [-0.05, 0) is 30.3 Å². The Hall–Kier alpha value is -1.85. The highest BCUT2D eigenvalue weighted by molar-refractivity contribution is 7.81. The maximum atomic E-state index is 13.7. The van der Waals surface area contributed by atoms with Crippen molar-refractivity contribution in [1.29, 1.82) is 0 Å². The molecule has 2 aromatic carbocycles. The van der Waals surface area contributed by atoms with Gasteiger partial charge in [0.1, 0.15) is 5.82 Å². The predicted octanol–water partition coefficient (Wildman–Crippen LogP) is 3.58. The van der Waals surface area contributed by atoms with Crippen molar-refractivity contribution in [2.24, 2.45) is 0 Å². The fourth-order valence-electron chi connectivity index (χ4n) is 1.79. The van der Waals surface area contributed by atoms with Crippen LogP contribution in [0.2, 0.25) is 5.02 Å². The number of carbonyl (C=O) groups excluding carboxylic acids is 2. The number of anilines is 1. The number of benzene rings is 2. The molecule has 0 aliphatic carbocycles. The van der Waals surface area contributed by atoms with Crippen molar-refractivity contribution in [3.63, 3.8) is 0 Å². The molecule has 0 bridgehead atoms. The number of ketones is 1. The standard InChI is InChI=1S/C15H11ClFNO2S/c16-9-5-6-13(18-14(19)8-21)11(7-9)15(20)10-3-1-2-4-12(10)17/h1-7,21H,8H2,(H,18,19). The molecule has 1 amide bonds. The largest absolute Gasteiger partial charge is 0.325 e. The minimum Gasteiger partial charge on any atom is -0.325 e. The van der Waals surface area contributed by atoms with Gasteiger partial charge in [0, 0.05) is 10.6 Å². The molecule has 0 heterocycles. The van der Waals surface area contributed by atoms with E-state index in [2.05, 4.69) is 17.9 Å². The van der Waals surface area contributed by atoms with Gasteiger partial charge in [-0.25, -0.2) is 4.39 Å². The van der Waals surface area contributed by atoms with Gasteiger partial charge in [-0.3, -0.25) is 9.59 Å². The Kier molecular flexibility index (Phi) is 4.98. The normalized spacial score (nSPS) is 10.2. The second-order valence-electron chi connectivity index (χ2n) is 4.21. The number of halogens is 2. The SMILES string of the molecule is O=C(CS)Nc1ccc(Cl)cc1C(=O)c1ccccc1F. The highest BCUT2D eigenvalue weighted by Crippen LogP contribution is 2.24. The summed E-state index contributed by atoms with van der Waals surface area (Å²) in [6, 6.07) is 10.1. The van der Waals surface area contributed by atoms with Crippen LogP contribution in [0.15, 0.2) is 42.5 Å². The summed E-state index contributed by atoms with van der Waals surface area (Å²) in [5.41, 5.74) is 0.315. The Bertz CT molecular complexity index is 706. The maximum absolute atomic E-state index is 13.7. The van der Waals surface area contributed by atoms with Crippen molar-refractivity contribution in [2.45, 2.75) is 0 Å². The molecule has 0 atom stereocenters. The van der Waals surface area contributed by atoms with Crippen molar-refractivity contribution in [2.75, 3.05) is 11.1 Å². The second-order valence-corrected chi connectivity index (χ2v) is 4.96. The molecular formula is C15H11ClFNO2S. The van der Waals surface area contributed by atoms with E-state index in [4.69, 9.17) is 11.6 Å². The number of nitrogens with one attached hydrogen (secondary N) is 1. The highest BCUT2D eigenvalue weighted by atomic mass is 35.5. The zero-order valence-electron chi connectivity index (χ0n) is 10.8. The molecule has 0 aliphatic rings. The molecule has 2 rings (SSSR count). The van der Waals surface area contributed by atoms with E-state index in [0.29, 0.717) is 5.02 Å². The summed E-state index contributed by atoms with van der Waals surface area (Å²) in [5, 5.41) is 2.86. The Labute approximate surface area is 131 Å². The molecule has 108 valence electrons. The van der Waals surface area contributed by atoms with E-state index in [0.717, 1.165) is 0 Å². The van der Waals surface area contributed by atoms with Crippen LogP contribution < -0.4 is 5.32 Å². The summed E-state index contributed by atoms with van der Waals surface area (Å²) < 4.78 is 13.7. The van der Waals surface area contributed by atoms with Gasteiger partial charge >= 0.3 is 0 Å². The minimum absolute atomic E-state index is 0.0318. The summed E-state index contributed by atoms with van der Waals surface area (Å²) in [5.74, 6) is -1.59. The third-order valence-corrected chi connectivity index (χ3v) is 3.28. The van der Waals surface area contributed by atoms with Crippen LogP contribution in [0.25, 0.3) is 0 Å². The average molecular weight is 324 g/mol. The molecule has 0 aliphatic heterocycles. The molecule has 0 spiro atoms. The van der Waals surface area contributed by atoms with Crippen molar-refractivity contribution in [3.05, 3.63) is 64.4 Å². The van der Waals surface area contributed by atoms with E-state index in [1.807, 2.05) is 0 Å². The Morgan fingerprint density at radius 1 is 1.14 bits per heavy atom. The molecule has 0 saturated heterocycles. The third kappa shape index (κ3) is 3.62. The lowest BCUT2D eigenvalue weighted by molar-refractivity contribution is -0.113. The van der Waals surface area contributed by atoms with E-state index in [1.165, 1.54) is 36.4 Å². The zero-order chi connectivity index (χ0) is 15.4. The first-order valence-corrected chi connectivity index (χ1v) is 7.03. The van der Waals surface area contributed by atoms with E-state index in [-0.39, 0.29) is 28.5 Å². The Balaban J connectivity index is 2.47. The van der Waals surface area contributed by atoms with Gasteiger partial charge < -0.3 is 5.32 Å². The van der Waals surface area contributed by atoms with Gasteiger partial charge in [0.25, 0.3) is 0 Å². The van der Waals surface area contributed by atoms with Crippen molar-refractivity contribution < 1.29 is 14.0 Å². The van der Waals surface area contributed by atoms with Crippen LogP contribution in [0, 0.1) is 5.82 Å². The minimum atomic E-state index is -0.631. The topological polar surface area (TPSA) is 46.2 Å². The van der Waals surface area contributed by atoms with Gasteiger partial charge in [0.2, 0.25) is 5.91 Å². The predicted molar refractivity (Wildman–Crippen MR) is 83.8 cm³/mol. The first-order chi connectivity index (χ1) is 10.0. The number of amides is 1. The van der Waals surface area contributed by atoms with Gasteiger partial charge in [-0.15, -0.1) is 0 Å². The number of hydrogen-bond acceptors (Lipinski definition) is 3. The van der Waals surface area contributed by atoms with E-state index in [1.54, 1.807) is 6.07 Å². The number of hydrogen-bond donors (Lipinski definition) is 2. The quantitative estimate of drug-likeness (QED) is 0.667. The Morgan fingerprint density at radius 3 is 2.52 bits per heavy atom. The Morgan fingerprint density at radius 2 is 1.86 bits per heavy atom. The molecule has 0 aromatic heterocycles. The first kappa shape index (κ1) is 15.5. The van der Waals surface area contributed by atoms with Crippen LogP contribution in [0.1, 0.15) is 15.9 Å². The first-order valence-electron chi connectivity index (χ1n) is 6.02. The monoisotopic (exact) mass is 323 g/mol. The second kappa shape index (κ2) is 6.74. The van der Waals surface area contributed by atoms with Crippen molar-refractivity contribution in [1.82, 2.24) is 0 Å². The van der Waals surface area contributed by atoms with Gasteiger partial charge in [-0.2, -0.15) is 12.6 Å². The van der Waals surface area contributed by atoms with Crippen LogP contribution in [-0.4, -0.2) is 17.4 Å². The average Bonchev–Trinajstić information content (AvgIpc) is 2.48. The van der Waals surface area contributed by atoms with E-state index in [9.17, 15) is 14.0 Å². The van der Waals surface area contributed by atoms with Crippen molar-refractivity contribution in [3.8, 4) is 0 Å². The van der Waals surface area contributed by atoms with E-state index >= 15 is 0 Å². The summed E-state index contributed by atoms with van der Waals surface area (Å²) in [7, 11) is 0. The molecule has 0 fully saturated rings. The maximum Gasteiger partial charge on any atom is 0.234 e. The lowest BCUT2D eigenvalue weighted by Gasteiger charge is -2.11. The fourth-order valence-corrected chi connectivity index (χ4v) is 2.04. The molecule has 0 radical (unpaired) electrons. The van der Waals surface area contributed by atoms with Crippen LogP contribution in [-0.2, 0) is 4.79 Å². The summed E-state index contributed by atoms with van der Waals surface area (Å²) >= 11 is 9.74. The fraction of sp³-hybridized carbons (Fsp3) is 0.0667. The zero-order valence-corrected chi connectivity index (χ0v) is 12.4. The van der Waals surface area contributed by atoms with Gasteiger partial charge in [0.15, 0.2) is 5.78 Å². The third-order valence-electron chi connectivity index (χ3n) is 2.76. The molecular weight excluding hydrogens is 313 g/mol. The summed E-state index contributed by atoms with van der Waals surface area (Å²) in [6.45, 7) is 0. The highest BCUT2D eigenvalue weighted by Gasteiger charge is 2.18. The molecule has 6 heteroatoms. The van der Waals surface area contributed by atoms with Crippen LogP contribution in [0.4, 0.5) is 10.1 Å². The number of thiol groups is 1. The van der Waals surface area contributed by atoms with Crippen LogP contribution in [0.3, 0.4) is 0 Å². The number of rotatable bonds is 4. The van der Waals surface area contributed by atoms with Crippen molar-refractivity contribution >= 4 is 41.6 Å². The molecule has 2 aromatic rings. The smallest absolute Gasteiger partial charge is 0.234 e. The lowest BCUT2D eigenvalue weighted by atomic mass is 10.0. The molecule has 21 heavy (non-hydrogen) atoms. The van der Waals surface area contributed by atoms with Crippen LogP contribution in [0.5, 0.6) is 0 Å². The molecule has 0 saturated carbocycles. The summed E-state index contributed by atoms with van der Waals surface area (Å²) in [4.78, 5) is 23.9. The van der Waals surface area contributed by atoms with E-state index < -0.39 is 11.6 Å². The molecule has 1 N–H and O–H groups in total.